The smallest absolute Gasteiger partial charge is 0.216 e. The van der Waals surface area contributed by atoms with Gasteiger partial charge in [0, 0.05) is 30.6 Å². The molecule has 1 aromatic carbocycles. The van der Waals surface area contributed by atoms with Crippen LogP contribution in [0.2, 0.25) is 0 Å². The number of hydrogen-bond acceptors (Lipinski definition) is 6. The number of hydrogen-bond donors (Lipinski definition) is 1. The Morgan fingerprint density at radius 2 is 1.97 bits per heavy atom. The SMILES string of the molecule is CCN(CC)C(C)[C@]1(O)C[C@H](Oc2ccncn2)C[C@@H]1COCc1ccccc1. The zero-order valence-corrected chi connectivity index (χ0v) is 17.7. The van der Waals surface area contributed by atoms with Gasteiger partial charge in [0.25, 0.3) is 0 Å². The minimum Gasteiger partial charge on any atom is -0.474 e. The van der Waals surface area contributed by atoms with Crippen LogP contribution in [0.5, 0.6) is 5.88 Å². The number of aliphatic hydroxyl groups is 1. The minimum atomic E-state index is -0.875. The van der Waals surface area contributed by atoms with Crippen molar-refractivity contribution in [3.8, 4) is 5.88 Å². The van der Waals surface area contributed by atoms with E-state index in [1.807, 2.05) is 18.2 Å². The summed E-state index contributed by atoms with van der Waals surface area (Å²) >= 11 is 0. The van der Waals surface area contributed by atoms with Crippen LogP contribution in [0.4, 0.5) is 0 Å². The molecule has 1 heterocycles. The topological polar surface area (TPSA) is 67.7 Å². The zero-order chi connectivity index (χ0) is 20.7. The van der Waals surface area contributed by atoms with Gasteiger partial charge in [-0.25, -0.2) is 9.97 Å². The standard InChI is InChI=1S/C23H33N3O3/c1-4-26(5-2)18(3)23(27)14-21(29-22-11-12-24-17-25-22)13-20(23)16-28-15-19-9-7-6-8-10-19/h6-12,17-18,20-21,27H,4-5,13-16H2,1-3H3/t18?,20-,21-,23-/m1/s1. The Morgan fingerprint density at radius 3 is 2.62 bits per heavy atom. The van der Waals surface area contributed by atoms with Gasteiger partial charge in [-0.05, 0) is 32.0 Å². The Bertz CT molecular complexity index is 727. The quantitative estimate of drug-likeness (QED) is 0.661. The number of rotatable bonds is 10. The van der Waals surface area contributed by atoms with Gasteiger partial charge in [0.15, 0.2) is 0 Å². The summed E-state index contributed by atoms with van der Waals surface area (Å²) in [5, 5.41) is 11.8. The molecule has 0 saturated heterocycles. The Labute approximate surface area is 173 Å². The van der Waals surface area contributed by atoms with Crippen molar-refractivity contribution in [1.29, 1.82) is 0 Å². The van der Waals surface area contributed by atoms with Crippen molar-refractivity contribution in [3.05, 3.63) is 54.5 Å². The Balaban J connectivity index is 1.70. The lowest BCUT2D eigenvalue weighted by Gasteiger charge is -2.41. The van der Waals surface area contributed by atoms with E-state index >= 15 is 0 Å². The summed E-state index contributed by atoms with van der Waals surface area (Å²) in [5.41, 5.74) is 0.264. The number of nitrogens with zero attached hydrogens (tertiary/aromatic N) is 3. The molecule has 0 spiro atoms. The van der Waals surface area contributed by atoms with Crippen molar-refractivity contribution < 1.29 is 14.6 Å². The normalized spacial score (nSPS) is 25.3. The van der Waals surface area contributed by atoms with Gasteiger partial charge in [0.05, 0.1) is 18.8 Å². The maximum atomic E-state index is 11.8. The van der Waals surface area contributed by atoms with E-state index in [-0.39, 0.29) is 18.1 Å². The first-order valence-corrected chi connectivity index (χ1v) is 10.6. The maximum Gasteiger partial charge on any atom is 0.216 e. The maximum absolute atomic E-state index is 11.8. The zero-order valence-electron chi connectivity index (χ0n) is 17.7. The van der Waals surface area contributed by atoms with Gasteiger partial charge in [-0.15, -0.1) is 0 Å². The van der Waals surface area contributed by atoms with Crippen LogP contribution in [0.15, 0.2) is 48.9 Å². The van der Waals surface area contributed by atoms with E-state index in [4.69, 9.17) is 9.47 Å². The molecule has 0 radical (unpaired) electrons. The highest BCUT2D eigenvalue weighted by atomic mass is 16.5. The summed E-state index contributed by atoms with van der Waals surface area (Å²) in [6.45, 7) is 9.22. The third-order valence-corrected chi connectivity index (χ3v) is 6.17. The molecule has 1 unspecified atom stereocenters. The van der Waals surface area contributed by atoms with E-state index in [0.29, 0.717) is 25.5 Å². The Hall–Kier alpha value is -2.02. The summed E-state index contributed by atoms with van der Waals surface area (Å²) in [7, 11) is 0. The van der Waals surface area contributed by atoms with Crippen LogP contribution in [0.1, 0.15) is 39.2 Å². The molecule has 1 aliphatic carbocycles. The molecule has 6 nitrogen and oxygen atoms in total. The van der Waals surface area contributed by atoms with Crippen LogP contribution in [-0.4, -0.2) is 57.4 Å². The number of ether oxygens (including phenoxy) is 2. The molecule has 1 N–H and O–H groups in total. The van der Waals surface area contributed by atoms with E-state index in [0.717, 1.165) is 25.1 Å². The molecule has 4 atom stereocenters. The molecule has 0 aliphatic heterocycles. The molecule has 0 bridgehead atoms. The van der Waals surface area contributed by atoms with Crippen LogP contribution >= 0.6 is 0 Å². The summed E-state index contributed by atoms with van der Waals surface area (Å²) in [4.78, 5) is 10.4. The van der Waals surface area contributed by atoms with Gasteiger partial charge < -0.3 is 14.6 Å². The van der Waals surface area contributed by atoms with Crippen LogP contribution in [-0.2, 0) is 11.3 Å². The van der Waals surface area contributed by atoms with Crippen molar-refractivity contribution >= 4 is 0 Å². The van der Waals surface area contributed by atoms with E-state index in [1.165, 1.54) is 6.33 Å². The fourth-order valence-corrected chi connectivity index (χ4v) is 4.45. The first-order valence-electron chi connectivity index (χ1n) is 10.6. The lowest BCUT2D eigenvalue weighted by molar-refractivity contribution is -0.0908. The van der Waals surface area contributed by atoms with Gasteiger partial charge in [-0.3, -0.25) is 4.90 Å². The molecule has 6 heteroatoms. The van der Waals surface area contributed by atoms with Crippen molar-refractivity contribution in [2.24, 2.45) is 5.92 Å². The molecule has 1 aromatic heterocycles. The van der Waals surface area contributed by atoms with Gasteiger partial charge in [-0.2, -0.15) is 0 Å². The fraction of sp³-hybridized carbons (Fsp3) is 0.565. The fourth-order valence-electron chi connectivity index (χ4n) is 4.45. The summed E-state index contributed by atoms with van der Waals surface area (Å²) in [6, 6.07) is 11.9. The number of benzene rings is 1. The van der Waals surface area contributed by atoms with E-state index in [9.17, 15) is 5.11 Å². The average molecular weight is 400 g/mol. The second kappa shape index (κ2) is 10.1. The highest BCUT2D eigenvalue weighted by Crippen LogP contribution is 2.42. The first kappa shape index (κ1) is 21.7. The van der Waals surface area contributed by atoms with Crippen LogP contribution < -0.4 is 4.74 Å². The first-order chi connectivity index (χ1) is 14.1. The third-order valence-electron chi connectivity index (χ3n) is 6.17. The monoisotopic (exact) mass is 399 g/mol. The predicted molar refractivity (Wildman–Crippen MR) is 113 cm³/mol. The second-order valence-electron chi connectivity index (χ2n) is 7.81. The van der Waals surface area contributed by atoms with Gasteiger partial charge >= 0.3 is 0 Å². The van der Waals surface area contributed by atoms with Crippen LogP contribution in [0.25, 0.3) is 0 Å². The average Bonchev–Trinajstić information content (AvgIpc) is 3.06. The molecule has 3 rings (SSSR count). The molecule has 158 valence electrons. The summed E-state index contributed by atoms with van der Waals surface area (Å²) in [6.07, 6.45) is 4.35. The summed E-state index contributed by atoms with van der Waals surface area (Å²) < 4.78 is 12.1. The van der Waals surface area contributed by atoms with Crippen molar-refractivity contribution in [2.45, 2.75) is 58.0 Å². The highest BCUT2D eigenvalue weighted by molar-refractivity contribution is 5.13. The van der Waals surface area contributed by atoms with Crippen molar-refractivity contribution in [2.75, 3.05) is 19.7 Å². The molecule has 29 heavy (non-hydrogen) atoms. The summed E-state index contributed by atoms with van der Waals surface area (Å²) in [5.74, 6) is 0.544. The second-order valence-corrected chi connectivity index (χ2v) is 7.81. The highest BCUT2D eigenvalue weighted by Gasteiger charge is 2.51. The third kappa shape index (κ3) is 5.32. The number of aromatic nitrogens is 2. The molecule has 2 aromatic rings. The molecule has 0 amide bonds. The lowest BCUT2D eigenvalue weighted by atomic mass is 9.84. The van der Waals surface area contributed by atoms with Crippen molar-refractivity contribution in [3.63, 3.8) is 0 Å². The van der Waals surface area contributed by atoms with Gasteiger partial charge in [0.2, 0.25) is 5.88 Å². The van der Waals surface area contributed by atoms with Crippen molar-refractivity contribution in [1.82, 2.24) is 14.9 Å². The largest absolute Gasteiger partial charge is 0.474 e. The van der Waals surface area contributed by atoms with E-state index < -0.39 is 5.60 Å². The molecule has 1 saturated carbocycles. The predicted octanol–water partition coefficient (Wildman–Crippen LogP) is 3.31. The van der Waals surface area contributed by atoms with Gasteiger partial charge in [0.1, 0.15) is 12.4 Å². The molecule has 1 aliphatic rings. The lowest BCUT2D eigenvalue weighted by Crippen LogP contribution is -2.54. The van der Waals surface area contributed by atoms with Crippen LogP contribution in [0.3, 0.4) is 0 Å². The van der Waals surface area contributed by atoms with Crippen LogP contribution in [0, 0.1) is 5.92 Å². The number of likely N-dealkylation sites (N-methyl/N-ethyl adjacent to an activating group) is 1. The van der Waals surface area contributed by atoms with E-state index in [2.05, 4.69) is 47.8 Å². The molecule has 1 fully saturated rings. The molecular formula is C23H33N3O3. The van der Waals surface area contributed by atoms with Gasteiger partial charge in [-0.1, -0.05) is 44.2 Å². The Morgan fingerprint density at radius 1 is 1.21 bits per heavy atom. The minimum absolute atomic E-state index is 0.00588. The van der Waals surface area contributed by atoms with E-state index in [1.54, 1.807) is 12.3 Å². The Kier molecular flexibility index (Phi) is 7.58. The molecular weight excluding hydrogens is 366 g/mol.